The number of thioether (sulfide) groups is 2. The average Bonchev–Trinajstić information content (AvgIpc) is 2.78. The zero-order valence-corrected chi connectivity index (χ0v) is 21.4. The Bertz CT molecular complexity index is 1030. The summed E-state index contributed by atoms with van der Waals surface area (Å²) in [5.41, 5.74) is 5.27. The fourth-order valence-corrected chi connectivity index (χ4v) is 4.98. The number of anilines is 1. The second-order valence-electron chi connectivity index (χ2n) is 8.95. The van der Waals surface area contributed by atoms with Crippen LogP contribution in [0.4, 0.5) is 5.69 Å². The van der Waals surface area contributed by atoms with E-state index in [4.69, 9.17) is 0 Å². The Morgan fingerprint density at radius 2 is 1.66 bits per heavy atom. The summed E-state index contributed by atoms with van der Waals surface area (Å²) in [4.78, 5) is 19.3. The van der Waals surface area contributed by atoms with Gasteiger partial charge in [-0.05, 0) is 54.0 Å². The zero-order chi connectivity index (χ0) is 23.3. The Kier molecular flexibility index (Phi) is 8.07. The van der Waals surface area contributed by atoms with Crippen LogP contribution in [0, 0.1) is 6.92 Å². The van der Waals surface area contributed by atoms with E-state index in [1.165, 1.54) is 5.56 Å². The van der Waals surface area contributed by atoms with Crippen molar-refractivity contribution in [2.24, 2.45) is 0 Å². The number of nitrogens with zero attached hydrogens (tertiary/aromatic N) is 1. The molecule has 32 heavy (non-hydrogen) atoms. The molecule has 1 unspecified atom stereocenters. The van der Waals surface area contributed by atoms with Crippen molar-refractivity contribution in [2.45, 2.75) is 55.4 Å². The van der Waals surface area contributed by atoms with Crippen molar-refractivity contribution in [3.63, 3.8) is 0 Å². The first-order chi connectivity index (χ1) is 15.2. The van der Waals surface area contributed by atoms with Gasteiger partial charge in [-0.15, -0.1) is 23.5 Å². The van der Waals surface area contributed by atoms with Crippen molar-refractivity contribution in [2.75, 3.05) is 17.8 Å². The summed E-state index contributed by atoms with van der Waals surface area (Å²) in [5, 5.41) is 4.08. The first-order valence-electron chi connectivity index (χ1n) is 10.8. The number of carbonyl (C=O) groups excluding carboxylic acids is 1. The molecule has 1 atom stereocenters. The molecular weight excluding hydrogens is 432 g/mol. The van der Waals surface area contributed by atoms with Gasteiger partial charge >= 0.3 is 0 Å². The second kappa shape index (κ2) is 10.6. The van der Waals surface area contributed by atoms with Crippen LogP contribution in [0.3, 0.4) is 0 Å². The van der Waals surface area contributed by atoms with E-state index < -0.39 is 0 Å². The standard InChI is InChI=1S/C27H32N2OS2/c1-18-16-23(31-5)24(26(28-18)32-6)29-25(30)22(17-19-10-8-7-9-11-19)20-12-14-21(15-13-20)27(2,3)4/h7-16,22H,17H2,1-6H3,(H,29,30). The van der Waals surface area contributed by atoms with E-state index in [1.807, 2.05) is 43.7 Å². The molecule has 0 radical (unpaired) electrons. The average molecular weight is 465 g/mol. The molecule has 0 saturated heterocycles. The fourth-order valence-electron chi connectivity index (χ4n) is 3.68. The molecule has 168 valence electrons. The third kappa shape index (κ3) is 5.96. The minimum Gasteiger partial charge on any atom is -0.322 e. The Morgan fingerprint density at radius 3 is 2.22 bits per heavy atom. The quantitative estimate of drug-likeness (QED) is 0.379. The highest BCUT2D eigenvalue weighted by Crippen LogP contribution is 2.35. The molecule has 0 bridgehead atoms. The number of hydrogen-bond acceptors (Lipinski definition) is 4. The number of aromatic nitrogens is 1. The second-order valence-corrected chi connectivity index (χ2v) is 10.6. The van der Waals surface area contributed by atoms with Crippen molar-refractivity contribution < 1.29 is 4.79 Å². The van der Waals surface area contributed by atoms with Crippen LogP contribution < -0.4 is 5.32 Å². The van der Waals surface area contributed by atoms with Crippen molar-refractivity contribution in [3.05, 3.63) is 83.0 Å². The molecule has 0 aliphatic carbocycles. The summed E-state index contributed by atoms with van der Waals surface area (Å²) in [6.07, 6.45) is 4.67. The van der Waals surface area contributed by atoms with Crippen LogP contribution in [0.15, 0.2) is 70.6 Å². The van der Waals surface area contributed by atoms with Gasteiger partial charge in [0.2, 0.25) is 5.91 Å². The number of carbonyl (C=O) groups is 1. The van der Waals surface area contributed by atoms with Crippen LogP contribution in [0.25, 0.3) is 0 Å². The van der Waals surface area contributed by atoms with Gasteiger partial charge in [0.05, 0.1) is 11.6 Å². The number of benzene rings is 2. The molecule has 1 aromatic heterocycles. The molecule has 0 aliphatic rings. The minimum atomic E-state index is -0.294. The van der Waals surface area contributed by atoms with Crippen molar-refractivity contribution >= 4 is 35.1 Å². The van der Waals surface area contributed by atoms with E-state index >= 15 is 0 Å². The van der Waals surface area contributed by atoms with Crippen molar-refractivity contribution in [3.8, 4) is 0 Å². The van der Waals surface area contributed by atoms with Gasteiger partial charge in [0.15, 0.2) is 0 Å². The molecule has 0 spiro atoms. The lowest BCUT2D eigenvalue weighted by Crippen LogP contribution is -2.24. The smallest absolute Gasteiger partial charge is 0.232 e. The van der Waals surface area contributed by atoms with Crippen LogP contribution in [0.2, 0.25) is 0 Å². The van der Waals surface area contributed by atoms with Crippen LogP contribution in [-0.2, 0) is 16.6 Å². The molecule has 3 rings (SSSR count). The van der Waals surface area contributed by atoms with Gasteiger partial charge < -0.3 is 5.32 Å². The number of amides is 1. The number of hydrogen-bond donors (Lipinski definition) is 1. The number of rotatable bonds is 7. The number of aryl methyl sites for hydroxylation is 1. The van der Waals surface area contributed by atoms with Gasteiger partial charge in [0, 0.05) is 10.6 Å². The van der Waals surface area contributed by atoms with Crippen molar-refractivity contribution in [1.82, 2.24) is 4.98 Å². The van der Waals surface area contributed by atoms with E-state index in [1.54, 1.807) is 23.5 Å². The van der Waals surface area contributed by atoms with Gasteiger partial charge in [-0.1, -0.05) is 75.4 Å². The minimum absolute atomic E-state index is 0.00591. The molecule has 1 heterocycles. The molecule has 3 nitrogen and oxygen atoms in total. The Hall–Kier alpha value is -2.24. The Labute approximate surface area is 200 Å². The van der Waals surface area contributed by atoms with Gasteiger partial charge in [0.1, 0.15) is 5.03 Å². The maximum absolute atomic E-state index is 13.7. The molecule has 1 N–H and O–H groups in total. The summed E-state index contributed by atoms with van der Waals surface area (Å²) in [6.45, 7) is 8.59. The first kappa shape index (κ1) is 24.4. The van der Waals surface area contributed by atoms with E-state index in [0.29, 0.717) is 6.42 Å². The van der Waals surface area contributed by atoms with Crippen molar-refractivity contribution in [1.29, 1.82) is 0 Å². The number of nitrogens with one attached hydrogen (secondary N) is 1. The summed E-state index contributed by atoms with van der Waals surface area (Å²) in [7, 11) is 0. The summed E-state index contributed by atoms with van der Waals surface area (Å²) in [6, 6.07) is 20.7. The highest BCUT2D eigenvalue weighted by atomic mass is 32.2. The van der Waals surface area contributed by atoms with Gasteiger partial charge in [0.25, 0.3) is 0 Å². The number of pyridine rings is 1. The zero-order valence-electron chi connectivity index (χ0n) is 19.7. The fraction of sp³-hybridized carbons (Fsp3) is 0.333. The van der Waals surface area contributed by atoms with Gasteiger partial charge in [-0.25, -0.2) is 4.98 Å². The summed E-state index contributed by atoms with van der Waals surface area (Å²) < 4.78 is 0. The lowest BCUT2D eigenvalue weighted by Gasteiger charge is -2.22. The third-order valence-electron chi connectivity index (χ3n) is 5.52. The topological polar surface area (TPSA) is 42.0 Å². The summed E-state index contributed by atoms with van der Waals surface area (Å²) in [5.74, 6) is -0.300. The lowest BCUT2D eigenvalue weighted by atomic mass is 9.84. The first-order valence-corrected chi connectivity index (χ1v) is 13.2. The van der Waals surface area contributed by atoms with E-state index in [2.05, 4.69) is 67.5 Å². The van der Waals surface area contributed by atoms with E-state index in [9.17, 15) is 4.79 Å². The van der Waals surface area contributed by atoms with Crippen LogP contribution in [-0.4, -0.2) is 23.4 Å². The van der Waals surface area contributed by atoms with Crippen LogP contribution in [0.1, 0.15) is 49.1 Å². The highest BCUT2D eigenvalue weighted by molar-refractivity contribution is 7.99. The molecule has 0 fully saturated rings. The molecule has 3 aromatic rings. The molecule has 0 aliphatic heterocycles. The Morgan fingerprint density at radius 1 is 1.00 bits per heavy atom. The molecule has 2 aromatic carbocycles. The van der Waals surface area contributed by atoms with Gasteiger partial charge in [-0.2, -0.15) is 0 Å². The highest BCUT2D eigenvalue weighted by Gasteiger charge is 2.24. The lowest BCUT2D eigenvalue weighted by molar-refractivity contribution is -0.117. The third-order valence-corrected chi connectivity index (χ3v) is 6.96. The van der Waals surface area contributed by atoms with Crippen LogP contribution >= 0.6 is 23.5 Å². The van der Waals surface area contributed by atoms with E-state index in [-0.39, 0.29) is 17.2 Å². The largest absolute Gasteiger partial charge is 0.322 e. The predicted octanol–water partition coefficient (Wildman–Crippen LogP) is 7.10. The van der Waals surface area contributed by atoms with Gasteiger partial charge in [-0.3, -0.25) is 4.79 Å². The SMILES string of the molecule is CSc1cc(C)nc(SC)c1NC(=O)C(Cc1ccccc1)c1ccc(C(C)(C)C)cc1. The Balaban J connectivity index is 1.98. The molecule has 5 heteroatoms. The van der Waals surface area contributed by atoms with E-state index in [0.717, 1.165) is 32.4 Å². The molecule has 1 amide bonds. The monoisotopic (exact) mass is 464 g/mol. The predicted molar refractivity (Wildman–Crippen MR) is 139 cm³/mol. The normalized spacial score (nSPS) is 12.4. The maximum Gasteiger partial charge on any atom is 0.232 e. The molecular formula is C27H32N2OS2. The maximum atomic E-state index is 13.7. The molecule has 0 saturated carbocycles. The summed E-state index contributed by atoms with van der Waals surface area (Å²) >= 11 is 3.19. The van der Waals surface area contributed by atoms with Crippen LogP contribution in [0.5, 0.6) is 0 Å².